The van der Waals surface area contributed by atoms with Gasteiger partial charge in [0.15, 0.2) is 0 Å². The maximum Gasteiger partial charge on any atom is 0.0465 e. The summed E-state index contributed by atoms with van der Waals surface area (Å²) in [5.41, 5.74) is 0.931. The summed E-state index contributed by atoms with van der Waals surface area (Å²) in [5, 5.41) is 5.55. The third kappa shape index (κ3) is 5.64. The van der Waals surface area contributed by atoms with E-state index in [4.69, 9.17) is 0 Å². The van der Waals surface area contributed by atoms with Gasteiger partial charge in [-0.1, -0.05) is 20.4 Å². The van der Waals surface area contributed by atoms with E-state index in [1.807, 2.05) is 34.6 Å². The second-order valence-corrected chi connectivity index (χ2v) is 2.32. The molecule has 0 amide bonds. The van der Waals surface area contributed by atoms with Gasteiger partial charge in [0.25, 0.3) is 0 Å². The van der Waals surface area contributed by atoms with Crippen LogP contribution in [0.5, 0.6) is 0 Å². The summed E-state index contributed by atoms with van der Waals surface area (Å²) < 4.78 is 0. The van der Waals surface area contributed by atoms with E-state index in [9.17, 15) is 0 Å². The lowest BCUT2D eigenvalue weighted by molar-refractivity contribution is 0.303. The molecule has 0 atom stereocenters. The molecule has 0 aliphatic carbocycles. The quantitative estimate of drug-likeness (QED) is 0.453. The van der Waals surface area contributed by atoms with E-state index < -0.39 is 0 Å². The molecule has 0 aromatic rings. The lowest BCUT2D eigenvalue weighted by atomic mass is 10.3. The van der Waals surface area contributed by atoms with Crippen molar-refractivity contribution < 1.29 is 0 Å². The van der Waals surface area contributed by atoms with Gasteiger partial charge in [-0.15, -0.1) is 0 Å². The van der Waals surface area contributed by atoms with Crippen molar-refractivity contribution in [1.29, 1.82) is 0 Å². The van der Waals surface area contributed by atoms with Crippen molar-refractivity contribution in [2.45, 2.75) is 40.7 Å². The number of hydrogen-bond acceptors (Lipinski definition) is 2. The van der Waals surface area contributed by atoms with Gasteiger partial charge in [0.1, 0.15) is 0 Å². The summed E-state index contributed by atoms with van der Waals surface area (Å²) in [7, 11) is 0. The highest BCUT2D eigenvalue weighted by Gasteiger charge is 2.03. The molecule has 0 aromatic carbocycles. The molecular formula is C9H20N2. The van der Waals surface area contributed by atoms with Gasteiger partial charge >= 0.3 is 0 Å². The molecule has 0 unspecified atom stereocenters. The summed E-state index contributed by atoms with van der Waals surface area (Å²) in [4.78, 5) is 0. The van der Waals surface area contributed by atoms with Crippen molar-refractivity contribution in [3.8, 4) is 0 Å². The highest BCUT2D eigenvalue weighted by Crippen LogP contribution is 2.05. The molecule has 0 saturated heterocycles. The van der Waals surface area contributed by atoms with E-state index in [1.165, 1.54) is 0 Å². The molecule has 0 radical (unpaired) electrons. The van der Waals surface area contributed by atoms with E-state index in [1.54, 1.807) is 5.01 Å². The second kappa shape index (κ2) is 7.32. The lowest BCUT2D eigenvalue weighted by Gasteiger charge is -2.21. The topological polar surface area (TPSA) is 15.6 Å². The highest BCUT2D eigenvalue weighted by molar-refractivity contribution is 5.23. The zero-order valence-electron chi connectivity index (χ0n) is 8.39. The van der Waals surface area contributed by atoms with E-state index >= 15 is 0 Å². The van der Waals surface area contributed by atoms with Crippen LogP contribution in [0.4, 0.5) is 0 Å². The number of allylic oxidation sites excluding steroid dienone is 1. The molecule has 0 spiro atoms. The highest BCUT2D eigenvalue weighted by atomic mass is 15.5. The van der Waals surface area contributed by atoms with Crippen molar-refractivity contribution in [3.05, 3.63) is 12.3 Å². The number of hydrazone groups is 1. The predicted octanol–water partition coefficient (Wildman–Crippen LogP) is 2.87. The van der Waals surface area contributed by atoms with Gasteiger partial charge in [-0.3, -0.25) is 5.01 Å². The first-order valence-electron chi connectivity index (χ1n) is 4.01. The van der Waals surface area contributed by atoms with Gasteiger partial charge in [0, 0.05) is 18.5 Å². The minimum absolute atomic E-state index is 0.361. The molecule has 2 heteroatoms. The van der Waals surface area contributed by atoms with Crippen molar-refractivity contribution in [2.24, 2.45) is 5.10 Å². The number of rotatable bonds is 3. The van der Waals surface area contributed by atoms with Crippen LogP contribution >= 0.6 is 0 Å². The molecule has 0 heterocycles. The zero-order valence-corrected chi connectivity index (χ0v) is 8.39. The van der Waals surface area contributed by atoms with Crippen LogP contribution in [0.25, 0.3) is 0 Å². The molecule has 11 heavy (non-hydrogen) atoms. The molecule has 0 aliphatic heterocycles. The Balaban J connectivity index is 0. The summed E-state index contributed by atoms with van der Waals surface area (Å²) in [6, 6.07) is 0.361. The molecule has 0 bridgehead atoms. The van der Waals surface area contributed by atoms with Gasteiger partial charge in [0.05, 0.1) is 0 Å². The molecule has 0 saturated carbocycles. The fourth-order valence-electron chi connectivity index (χ4n) is 0.725. The normalized spacial score (nSPS) is 8.18. The molecule has 0 rings (SSSR count). The molecule has 66 valence electrons. The van der Waals surface area contributed by atoms with E-state index in [2.05, 4.69) is 18.4 Å². The Bertz CT molecular complexity index is 117. The Morgan fingerprint density at radius 1 is 1.36 bits per heavy atom. The first kappa shape index (κ1) is 12.8. The number of hydrogen-bond donors (Lipinski definition) is 0. The van der Waals surface area contributed by atoms with Crippen LogP contribution in [0.3, 0.4) is 0 Å². The van der Waals surface area contributed by atoms with Crippen molar-refractivity contribution in [3.63, 3.8) is 0 Å². The first-order valence-corrected chi connectivity index (χ1v) is 4.01. The first-order chi connectivity index (χ1) is 5.09. The Labute approximate surface area is 70.6 Å². The van der Waals surface area contributed by atoms with Crippen LogP contribution in [0, 0.1) is 0 Å². The van der Waals surface area contributed by atoms with E-state index in [-0.39, 0.29) is 0 Å². The maximum absolute atomic E-state index is 3.77. The smallest absolute Gasteiger partial charge is 0.0465 e. The summed E-state index contributed by atoms with van der Waals surface area (Å²) in [5.74, 6) is 0. The monoisotopic (exact) mass is 156 g/mol. The van der Waals surface area contributed by atoms with Gasteiger partial charge in [-0.05, 0) is 20.8 Å². The Morgan fingerprint density at radius 2 is 1.73 bits per heavy atom. The fraction of sp³-hybridized carbons (Fsp3) is 0.667. The second-order valence-electron chi connectivity index (χ2n) is 2.32. The van der Waals surface area contributed by atoms with Crippen LogP contribution < -0.4 is 0 Å². The van der Waals surface area contributed by atoms with Crippen LogP contribution in [0.15, 0.2) is 17.4 Å². The fourth-order valence-corrected chi connectivity index (χ4v) is 0.725. The molecule has 0 aliphatic rings. The van der Waals surface area contributed by atoms with E-state index in [0.717, 1.165) is 5.70 Å². The Hall–Kier alpha value is -0.790. The van der Waals surface area contributed by atoms with Crippen molar-refractivity contribution >= 4 is 6.72 Å². The summed E-state index contributed by atoms with van der Waals surface area (Å²) in [6.45, 7) is 17.2. The van der Waals surface area contributed by atoms with Gasteiger partial charge in [-0.2, -0.15) is 5.10 Å². The predicted molar refractivity (Wildman–Crippen MR) is 52.7 cm³/mol. The standard InChI is InChI=1S/C7H14N2.C2H6/c1-6(2)9(8-5)7(3)4;1-2/h7H,1,5H2,2-4H3;1-2H3. The minimum Gasteiger partial charge on any atom is -0.269 e. The van der Waals surface area contributed by atoms with E-state index in [0.29, 0.717) is 6.04 Å². The molecule has 0 aromatic heterocycles. The average Bonchev–Trinajstić information content (AvgIpc) is 1.91. The van der Waals surface area contributed by atoms with Crippen molar-refractivity contribution in [2.75, 3.05) is 0 Å². The summed E-state index contributed by atoms with van der Waals surface area (Å²) in [6.07, 6.45) is 0. The molecule has 2 nitrogen and oxygen atoms in total. The molecule has 0 N–H and O–H groups in total. The largest absolute Gasteiger partial charge is 0.269 e. The van der Waals surface area contributed by atoms with Gasteiger partial charge in [-0.25, -0.2) is 0 Å². The molecule has 0 fully saturated rings. The SMILES string of the molecule is C=NN(C(=C)C)C(C)C.CC. The Kier molecular flexibility index (Phi) is 8.55. The summed E-state index contributed by atoms with van der Waals surface area (Å²) >= 11 is 0. The molecular weight excluding hydrogens is 136 g/mol. The third-order valence-electron chi connectivity index (χ3n) is 1.03. The van der Waals surface area contributed by atoms with Crippen LogP contribution in [-0.4, -0.2) is 17.8 Å². The third-order valence-corrected chi connectivity index (χ3v) is 1.03. The van der Waals surface area contributed by atoms with Gasteiger partial charge in [0.2, 0.25) is 0 Å². The van der Waals surface area contributed by atoms with Crippen LogP contribution in [0.2, 0.25) is 0 Å². The van der Waals surface area contributed by atoms with Crippen LogP contribution in [0.1, 0.15) is 34.6 Å². The average molecular weight is 156 g/mol. The lowest BCUT2D eigenvalue weighted by Crippen LogP contribution is -2.22. The Morgan fingerprint density at radius 3 is 1.73 bits per heavy atom. The zero-order chi connectivity index (χ0) is 9.44. The number of nitrogens with zero attached hydrogens (tertiary/aromatic N) is 2. The van der Waals surface area contributed by atoms with Crippen molar-refractivity contribution in [1.82, 2.24) is 5.01 Å². The maximum atomic E-state index is 3.77. The van der Waals surface area contributed by atoms with Gasteiger partial charge < -0.3 is 0 Å². The minimum atomic E-state index is 0.361. The van der Waals surface area contributed by atoms with Crippen LogP contribution in [-0.2, 0) is 0 Å².